The molecule has 2 rings (SSSR count). The molecule has 0 aliphatic heterocycles. The number of carbonyl (C=O) groups excluding carboxylic acids is 1. The van der Waals surface area contributed by atoms with Crippen molar-refractivity contribution in [2.24, 2.45) is 5.92 Å². The van der Waals surface area contributed by atoms with E-state index in [1.165, 1.54) is 6.08 Å². The van der Waals surface area contributed by atoms with Crippen LogP contribution >= 0.6 is 11.8 Å². The SMILES string of the molecule is C/C=C\C(=O)NCCn1ncc2c(NCC(C)C)nc(SCC)nc21. The van der Waals surface area contributed by atoms with E-state index in [1.807, 2.05) is 11.6 Å². The highest BCUT2D eigenvalue weighted by atomic mass is 32.2. The van der Waals surface area contributed by atoms with Gasteiger partial charge in [0.05, 0.1) is 18.1 Å². The maximum absolute atomic E-state index is 11.5. The third-order valence-corrected chi connectivity index (χ3v) is 4.10. The van der Waals surface area contributed by atoms with Crippen molar-refractivity contribution >= 4 is 34.5 Å². The van der Waals surface area contributed by atoms with Crippen molar-refractivity contribution < 1.29 is 4.79 Å². The van der Waals surface area contributed by atoms with E-state index in [1.54, 1.807) is 24.0 Å². The van der Waals surface area contributed by atoms with Gasteiger partial charge in [0.1, 0.15) is 5.82 Å². The van der Waals surface area contributed by atoms with Crippen molar-refractivity contribution in [2.45, 2.75) is 39.4 Å². The monoisotopic (exact) mass is 362 g/mol. The highest BCUT2D eigenvalue weighted by Crippen LogP contribution is 2.24. The molecule has 0 saturated heterocycles. The molecule has 25 heavy (non-hydrogen) atoms. The number of rotatable bonds is 9. The number of aromatic nitrogens is 4. The molecule has 2 heterocycles. The molecule has 2 aromatic rings. The Morgan fingerprint density at radius 3 is 2.88 bits per heavy atom. The molecule has 2 aromatic heterocycles. The van der Waals surface area contributed by atoms with Gasteiger partial charge in [-0.15, -0.1) is 0 Å². The van der Waals surface area contributed by atoms with Crippen molar-refractivity contribution in [1.29, 1.82) is 0 Å². The Hall–Kier alpha value is -2.09. The Labute approximate surface area is 152 Å². The molecule has 0 bridgehead atoms. The molecular weight excluding hydrogens is 336 g/mol. The van der Waals surface area contributed by atoms with E-state index < -0.39 is 0 Å². The normalized spacial score (nSPS) is 11.6. The Kier molecular flexibility index (Phi) is 7.24. The van der Waals surface area contributed by atoms with Crippen LogP contribution in [0.5, 0.6) is 0 Å². The minimum absolute atomic E-state index is 0.102. The summed E-state index contributed by atoms with van der Waals surface area (Å²) in [6.45, 7) is 10.1. The second-order valence-corrected chi connectivity index (χ2v) is 7.19. The van der Waals surface area contributed by atoms with Gasteiger partial charge in [-0.1, -0.05) is 38.6 Å². The third-order valence-electron chi connectivity index (χ3n) is 3.37. The summed E-state index contributed by atoms with van der Waals surface area (Å²) in [7, 11) is 0. The number of amides is 1. The number of thioether (sulfide) groups is 1. The number of nitrogens with one attached hydrogen (secondary N) is 2. The van der Waals surface area contributed by atoms with Crippen LogP contribution in [0.3, 0.4) is 0 Å². The van der Waals surface area contributed by atoms with Gasteiger partial charge in [0.2, 0.25) is 5.91 Å². The van der Waals surface area contributed by atoms with Crippen molar-refractivity contribution in [1.82, 2.24) is 25.1 Å². The molecule has 0 aromatic carbocycles. The van der Waals surface area contributed by atoms with Crippen LogP contribution in [0, 0.1) is 5.92 Å². The second kappa shape index (κ2) is 9.41. The summed E-state index contributed by atoms with van der Waals surface area (Å²) in [4.78, 5) is 20.8. The van der Waals surface area contributed by atoms with E-state index in [0.717, 1.165) is 34.3 Å². The lowest BCUT2D eigenvalue weighted by Gasteiger charge is -2.11. The van der Waals surface area contributed by atoms with Gasteiger partial charge >= 0.3 is 0 Å². The van der Waals surface area contributed by atoms with Gasteiger partial charge in [-0.2, -0.15) is 5.10 Å². The van der Waals surface area contributed by atoms with Gasteiger partial charge in [0, 0.05) is 13.1 Å². The fourth-order valence-electron chi connectivity index (χ4n) is 2.22. The van der Waals surface area contributed by atoms with Crippen LogP contribution in [0.15, 0.2) is 23.5 Å². The van der Waals surface area contributed by atoms with E-state index in [2.05, 4.69) is 46.5 Å². The number of nitrogens with zero attached hydrogens (tertiary/aromatic N) is 4. The number of anilines is 1. The first-order valence-electron chi connectivity index (χ1n) is 8.55. The Balaban J connectivity index is 2.22. The average molecular weight is 363 g/mol. The van der Waals surface area contributed by atoms with E-state index >= 15 is 0 Å². The molecule has 0 spiro atoms. The first kappa shape index (κ1) is 19.2. The maximum atomic E-state index is 11.5. The van der Waals surface area contributed by atoms with Crippen LogP contribution in [0.2, 0.25) is 0 Å². The Morgan fingerprint density at radius 2 is 2.20 bits per heavy atom. The molecule has 0 unspecified atom stereocenters. The molecular formula is C17H26N6OS. The first-order valence-corrected chi connectivity index (χ1v) is 9.54. The largest absolute Gasteiger partial charge is 0.369 e. The molecule has 0 fully saturated rings. The third kappa shape index (κ3) is 5.45. The van der Waals surface area contributed by atoms with Crippen molar-refractivity contribution in [3.8, 4) is 0 Å². The second-order valence-electron chi connectivity index (χ2n) is 5.96. The minimum Gasteiger partial charge on any atom is -0.369 e. The van der Waals surface area contributed by atoms with E-state index in [4.69, 9.17) is 0 Å². The first-order chi connectivity index (χ1) is 12.0. The summed E-state index contributed by atoms with van der Waals surface area (Å²) in [5.74, 6) is 2.14. The van der Waals surface area contributed by atoms with Gasteiger partial charge in [0.15, 0.2) is 10.8 Å². The number of allylic oxidation sites excluding steroid dienone is 1. The van der Waals surface area contributed by atoms with Gasteiger partial charge < -0.3 is 10.6 Å². The minimum atomic E-state index is -0.102. The maximum Gasteiger partial charge on any atom is 0.243 e. The molecule has 0 aliphatic rings. The molecule has 0 atom stereocenters. The van der Waals surface area contributed by atoms with Crippen molar-refractivity contribution in [3.05, 3.63) is 18.3 Å². The summed E-state index contributed by atoms with van der Waals surface area (Å²) >= 11 is 1.60. The molecule has 1 amide bonds. The molecule has 0 saturated carbocycles. The lowest BCUT2D eigenvalue weighted by molar-refractivity contribution is -0.116. The number of hydrogen-bond donors (Lipinski definition) is 2. The fraction of sp³-hybridized carbons (Fsp3) is 0.529. The molecule has 136 valence electrons. The van der Waals surface area contributed by atoms with Gasteiger partial charge in [-0.25, -0.2) is 14.6 Å². The van der Waals surface area contributed by atoms with Crippen LogP contribution in [0.4, 0.5) is 5.82 Å². The summed E-state index contributed by atoms with van der Waals surface area (Å²) < 4.78 is 1.81. The topological polar surface area (TPSA) is 84.7 Å². The van der Waals surface area contributed by atoms with Crippen LogP contribution < -0.4 is 10.6 Å². The van der Waals surface area contributed by atoms with Gasteiger partial charge in [-0.3, -0.25) is 4.79 Å². The number of hydrogen-bond acceptors (Lipinski definition) is 6. The van der Waals surface area contributed by atoms with E-state index in [-0.39, 0.29) is 5.91 Å². The zero-order valence-corrected chi connectivity index (χ0v) is 16.1. The van der Waals surface area contributed by atoms with Crippen LogP contribution in [0.1, 0.15) is 27.7 Å². The molecule has 0 aliphatic carbocycles. The van der Waals surface area contributed by atoms with Gasteiger partial charge in [-0.05, 0) is 24.7 Å². The molecule has 8 heteroatoms. The van der Waals surface area contributed by atoms with Crippen LogP contribution in [-0.2, 0) is 11.3 Å². The van der Waals surface area contributed by atoms with Crippen molar-refractivity contribution in [2.75, 3.05) is 24.2 Å². The highest BCUT2D eigenvalue weighted by molar-refractivity contribution is 7.99. The molecule has 2 N–H and O–H groups in total. The lowest BCUT2D eigenvalue weighted by atomic mass is 10.2. The summed E-state index contributed by atoms with van der Waals surface area (Å²) in [5.41, 5.74) is 0.789. The quantitative estimate of drug-likeness (QED) is 0.405. The van der Waals surface area contributed by atoms with Gasteiger partial charge in [0.25, 0.3) is 0 Å². The zero-order chi connectivity index (χ0) is 18.2. The van der Waals surface area contributed by atoms with E-state index in [0.29, 0.717) is 19.0 Å². The summed E-state index contributed by atoms with van der Waals surface area (Å²) in [6.07, 6.45) is 5.01. The number of fused-ring (bicyclic) bond motifs is 1. The van der Waals surface area contributed by atoms with Crippen LogP contribution in [0.25, 0.3) is 11.0 Å². The standard InChI is InChI=1S/C17H26N6OS/c1-5-7-14(24)18-8-9-23-16-13(11-20-23)15(19-10-12(3)4)21-17(22-16)25-6-2/h5,7,11-12H,6,8-10H2,1-4H3,(H,18,24)(H,19,21,22)/b7-5-. The lowest BCUT2D eigenvalue weighted by Crippen LogP contribution is -2.25. The van der Waals surface area contributed by atoms with Crippen molar-refractivity contribution in [3.63, 3.8) is 0 Å². The van der Waals surface area contributed by atoms with E-state index in [9.17, 15) is 4.79 Å². The number of carbonyl (C=O) groups is 1. The molecule has 7 nitrogen and oxygen atoms in total. The smallest absolute Gasteiger partial charge is 0.243 e. The highest BCUT2D eigenvalue weighted by Gasteiger charge is 2.13. The predicted octanol–water partition coefficient (Wildman–Crippen LogP) is 2.70. The fourth-order valence-corrected chi connectivity index (χ4v) is 2.79. The van der Waals surface area contributed by atoms with Crippen LogP contribution in [-0.4, -0.2) is 44.5 Å². The zero-order valence-electron chi connectivity index (χ0n) is 15.2. The average Bonchev–Trinajstić information content (AvgIpc) is 2.96. The summed E-state index contributed by atoms with van der Waals surface area (Å²) in [5, 5.41) is 12.3. The Morgan fingerprint density at radius 1 is 1.40 bits per heavy atom. The summed E-state index contributed by atoms with van der Waals surface area (Å²) in [6, 6.07) is 0. The Bertz CT molecular complexity index is 740. The predicted molar refractivity (Wildman–Crippen MR) is 103 cm³/mol. The molecule has 0 radical (unpaired) electrons.